The fourth-order valence-corrected chi connectivity index (χ4v) is 3.02. The van der Waals surface area contributed by atoms with Crippen molar-refractivity contribution in [3.8, 4) is 10.6 Å². The summed E-state index contributed by atoms with van der Waals surface area (Å²) in [4.78, 5) is 20.6. The van der Waals surface area contributed by atoms with Gasteiger partial charge in [-0.05, 0) is 35.7 Å². The van der Waals surface area contributed by atoms with E-state index in [1.54, 1.807) is 41.9 Å². The molecule has 3 rings (SSSR count). The number of benzene rings is 1. The molecule has 2 heterocycles. The van der Waals surface area contributed by atoms with Crippen molar-refractivity contribution >= 4 is 28.8 Å². The van der Waals surface area contributed by atoms with Crippen LogP contribution >= 0.6 is 22.9 Å². The molecule has 0 atom stereocenters. The van der Waals surface area contributed by atoms with Crippen molar-refractivity contribution in [1.29, 1.82) is 0 Å². The first kappa shape index (κ1) is 14.8. The molecule has 0 unspecified atom stereocenters. The molecule has 1 amide bonds. The highest BCUT2D eigenvalue weighted by Gasteiger charge is 2.10. The molecule has 6 heteroatoms. The van der Waals surface area contributed by atoms with Crippen LogP contribution in [0, 0.1) is 0 Å². The highest BCUT2D eigenvalue weighted by Crippen LogP contribution is 2.25. The van der Waals surface area contributed by atoms with E-state index in [2.05, 4.69) is 15.3 Å². The predicted octanol–water partition coefficient (Wildman–Crippen LogP) is 3.76. The normalized spacial score (nSPS) is 10.6. The highest BCUT2D eigenvalue weighted by molar-refractivity contribution is 7.13. The topological polar surface area (TPSA) is 57.8 Å². The molecule has 1 aromatic carbocycles. The number of nitrogens with one attached hydrogen (secondary N) is 2. The molecule has 0 spiro atoms. The number of H-pyrrole nitrogens is 1. The van der Waals surface area contributed by atoms with Crippen LogP contribution in [0.1, 0.15) is 16.1 Å². The van der Waals surface area contributed by atoms with E-state index < -0.39 is 0 Å². The lowest BCUT2D eigenvalue weighted by Gasteiger charge is -2.05. The van der Waals surface area contributed by atoms with Gasteiger partial charge in [-0.1, -0.05) is 17.7 Å². The molecule has 0 saturated heterocycles. The van der Waals surface area contributed by atoms with Crippen molar-refractivity contribution < 1.29 is 4.79 Å². The molecule has 0 aliphatic carbocycles. The fraction of sp³-hybridized carbons (Fsp3) is 0.125. The highest BCUT2D eigenvalue weighted by atomic mass is 35.5. The van der Waals surface area contributed by atoms with Gasteiger partial charge in [-0.3, -0.25) is 4.79 Å². The van der Waals surface area contributed by atoms with Gasteiger partial charge in [0.1, 0.15) is 5.69 Å². The Morgan fingerprint density at radius 1 is 1.27 bits per heavy atom. The molecular weight excluding hydrogens is 318 g/mol. The lowest BCUT2D eigenvalue weighted by molar-refractivity contribution is 0.0954. The zero-order chi connectivity index (χ0) is 15.4. The first-order chi connectivity index (χ1) is 10.7. The van der Waals surface area contributed by atoms with Gasteiger partial charge in [-0.2, -0.15) is 0 Å². The standard InChI is InChI=1S/C16H14ClN3OS/c17-12-5-3-11(4-6-12)16(21)18-8-7-13-15(20-10-19-13)14-2-1-9-22-14/h1-6,9-10H,7-8H2,(H,18,21)(H,19,20). The summed E-state index contributed by atoms with van der Waals surface area (Å²) in [6.07, 6.45) is 2.39. The second-order valence-corrected chi connectivity index (χ2v) is 6.10. The number of thiophene rings is 1. The number of carbonyl (C=O) groups excluding carboxylic acids is 1. The van der Waals surface area contributed by atoms with E-state index in [1.165, 1.54) is 0 Å². The maximum absolute atomic E-state index is 12.0. The Balaban J connectivity index is 1.59. The third-order valence-corrected chi connectivity index (χ3v) is 4.37. The van der Waals surface area contributed by atoms with Gasteiger partial charge in [0.25, 0.3) is 5.91 Å². The van der Waals surface area contributed by atoms with Crippen LogP contribution < -0.4 is 5.32 Å². The van der Waals surface area contributed by atoms with Crippen LogP contribution in [-0.2, 0) is 6.42 Å². The van der Waals surface area contributed by atoms with Crippen LogP contribution in [0.5, 0.6) is 0 Å². The molecule has 4 nitrogen and oxygen atoms in total. The summed E-state index contributed by atoms with van der Waals surface area (Å²) in [5.74, 6) is -0.103. The van der Waals surface area contributed by atoms with Gasteiger partial charge in [0.05, 0.1) is 11.2 Å². The van der Waals surface area contributed by atoms with Gasteiger partial charge >= 0.3 is 0 Å². The number of aromatic nitrogens is 2. The van der Waals surface area contributed by atoms with E-state index in [9.17, 15) is 4.79 Å². The largest absolute Gasteiger partial charge is 0.352 e. The number of rotatable bonds is 5. The smallest absolute Gasteiger partial charge is 0.251 e. The Morgan fingerprint density at radius 3 is 2.82 bits per heavy atom. The Hall–Kier alpha value is -2.11. The van der Waals surface area contributed by atoms with E-state index in [4.69, 9.17) is 11.6 Å². The van der Waals surface area contributed by atoms with Crippen LogP contribution in [0.25, 0.3) is 10.6 Å². The van der Waals surface area contributed by atoms with E-state index in [1.807, 2.05) is 17.5 Å². The molecule has 22 heavy (non-hydrogen) atoms. The van der Waals surface area contributed by atoms with Crippen molar-refractivity contribution in [1.82, 2.24) is 15.3 Å². The summed E-state index contributed by atoms with van der Waals surface area (Å²) in [6.45, 7) is 0.544. The van der Waals surface area contributed by atoms with Crippen molar-refractivity contribution in [3.05, 3.63) is 64.4 Å². The van der Waals surface area contributed by atoms with Gasteiger partial charge in [-0.25, -0.2) is 4.98 Å². The third-order valence-electron chi connectivity index (χ3n) is 3.24. The summed E-state index contributed by atoms with van der Waals surface area (Å²) in [6, 6.07) is 10.9. The molecule has 0 fully saturated rings. The molecule has 2 N–H and O–H groups in total. The molecular formula is C16H14ClN3OS. The molecule has 0 aliphatic heterocycles. The Bertz CT molecular complexity index is 750. The van der Waals surface area contributed by atoms with Gasteiger partial charge in [0.15, 0.2) is 0 Å². The number of hydrogen-bond donors (Lipinski definition) is 2. The van der Waals surface area contributed by atoms with Gasteiger partial charge < -0.3 is 10.3 Å². The van der Waals surface area contributed by atoms with Crippen LogP contribution in [0.2, 0.25) is 5.02 Å². The van der Waals surface area contributed by atoms with Gasteiger partial charge in [-0.15, -0.1) is 11.3 Å². The number of halogens is 1. The minimum Gasteiger partial charge on any atom is -0.352 e. The van der Waals surface area contributed by atoms with E-state index in [-0.39, 0.29) is 5.91 Å². The van der Waals surface area contributed by atoms with Crippen molar-refractivity contribution in [2.75, 3.05) is 6.54 Å². The van der Waals surface area contributed by atoms with Crippen LogP contribution in [-0.4, -0.2) is 22.4 Å². The Kier molecular flexibility index (Phi) is 4.56. The summed E-state index contributed by atoms with van der Waals surface area (Å²) >= 11 is 7.46. The van der Waals surface area contributed by atoms with E-state index >= 15 is 0 Å². The molecule has 0 radical (unpaired) electrons. The first-order valence-corrected chi connectivity index (χ1v) is 8.09. The first-order valence-electron chi connectivity index (χ1n) is 6.84. The second-order valence-electron chi connectivity index (χ2n) is 4.72. The lowest BCUT2D eigenvalue weighted by atomic mass is 10.2. The van der Waals surface area contributed by atoms with Crippen LogP contribution in [0.15, 0.2) is 48.1 Å². The predicted molar refractivity (Wildman–Crippen MR) is 89.4 cm³/mol. The van der Waals surface area contributed by atoms with E-state index in [0.29, 0.717) is 23.6 Å². The lowest BCUT2D eigenvalue weighted by Crippen LogP contribution is -2.25. The SMILES string of the molecule is O=C(NCCc1[nH]cnc1-c1cccs1)c1ccc(Cl)cc1. The average molecular weight is 332 g/mol. The minimum absolute atomic E-state index is 0.103. The zero-order valence-corrected chi connectivity index (χ0v) is 13.2. The number of amides is 1. The quantitative estimate of drug-likeness (QED) is 0.747. The Morgan fingerprint density at radius 2 is 2.09 bits per heavy atom. The minimum atomic E-state index is -0.103. The number of carbonyl (C=O) groups is 1. The molecule has 0 aliphatic rings. The van der Waals surface area contributed by atoms with Crippen molar-refractivity contribution in [2.45, 2.75) is 6.42 Å². The second kappa shape index (κ2) is 6.77. The number of imidazole rings is 1. The number of nitrogens with zero attached hydrogens (tertiary/aromatic N) is 1. The van der Waals surface area contributed by atoms with Crippen LogP contribution in [0.3, 0.4) is 0 Å². The number of aromatic amines is 1. The van der Waals surface area contributed by atoms with Crippen molar-refractivity contribution in [3.63, 3.8) is 0 Å². The fourth-order valence-electron chi connectivity index (χ4n) is 2.14. The van der Waals surface area contributed by atoms with Crippen LogP contribution in [0.4, 0.5) is 0 Å². The molecule has 0 bridgehead atoms. The maximum Gasteiger partial charge on any atom is 0.251 e. The zero-order valence-electron chi connectivity index (χ0n) is 11.7. The van der Waals surface area contributed by atoms with Gasteiger partial charge in [0.2, 0.25) is 0 Å². The average Bonchev–Trinajstić information content (AvgIpc) is 3.18. The number of hydrogen-bond acceptors (Lipinski definition) is 3. The summed E-state index contributed by atoms with van der Waals surface area (Å²) < 4.78 is 0. The summed E-state index contributed by atoms with van der Waals surface area (Å²) in [7, 11) is 0. The molecule has 3 aromatic rings. The van der Waals surface area contributed by atoms with E-state index in [0.717, 1.165) is 16.3 Å². The molecule has 2 aromatic heterocycles. The molecule has 0 saturated carbocycles. The Labute approximate surface area is 137 Å². The maximum atomic E-state index is 12.0. The summed E-state index contributed by atoms with van der Waals surface area (Å²) in [5.41, 5.74) is 2.59. The molecule has 112 valence electrons. The van der Waals surface area contributed by atoms with Crippen molar-refractivity contribution in [2.24, 2.45) is 0 Å². The monoisotopic (exact) mass is 331 g/mol. The third kappa shape index (κ3) is 3.37. The summed E-state index contributed by atoms with van der Waals surface area (Å²) in [5, 5.41) is 5.55. The van der Waals surface area contributed by atoms with Gasteiger partial charge in [0, 0.05) is 29.2 Å².